The largest absolute Gasteiger partial charge is 0.339 e. The van der Waals surface area contributed by atoms with E-state index in [-0.39, 0.29) is 17.9 Å². The zero-order valence-electron chi connectivity index (χ0n) is 11.3. The van der Waals surface area contributed by atoms with Crippen LogP contribution in [0, 0.1) is 17.8 Å². The summed E-state index contributed by atoms with van der Waals surface area (Å²) < 4.78 is 2.30. The molecule has 1 aromatic rings. The Hall–Kier alpha value is -1.09. The van der Waals surface area contributed by atoms with E-state index < -0.39 is 0 Å². The van der Waals surface area contributed by atoms with Gasteiger partial charge < -0.3 is 10.3 Å². The fourth-order valence-electron chi connectivity index (χ4n) is 5.49. The molecule has 2 N–H and O–H groups in total. The average Bonchev–Trinajstić information content (AvgIpc) is 2.86. The monoisotopic (exact) mass is 258 g/mol. The third-order valence-electron chi connectivity index (χ3n) is 5.74. The Bertz CT molecular complexity index is 481. The maximum Gasteiger partial charge on any atom is 0.192 e. The number of nitrogens with zero attached hydrogens (tertiary/aromatic N) is 1. The van der Waals surface area contributed by atoms with Crippen LogP contribution in [0.1, 0.15) is 49.0 Å². The molecular weight excluding hydrogens is 236 g/mol. The number of hydrogen-bond donors (Lipinski definition) is 1. The highest BCUT2D eigenvalue weighted by Crippen LogP contribution is 2.59. The van der Waals surface area contributed by atoms with E-state index >= 15 is 0 Å². The molecule has 5 rings (SSSR count). The number of Topliss-reactive ketones (excluding diaryl/α,β-unsaturated/α-hetero) is 1. The topological polar surface area (TPSA) is 48.0 Å². The maximum atomic E-state index is 12.0. The van der Waals surface area contributed by atoms with Crippen LogP contribution >= 0.6 is 0 Å². The second-order valence-electron chi connectivity index (χ2n) is 7.03. The van der Waals surface area contributed by atoms with Gasteiger partial charge in [-0.25, -0.2) is 0 Å². The molecule has 1 aromatic heterocycles. The number of rotatable bonds is 3. The van der Waals surface area contributed by atoms with Gasteiger partial charge in [-0.2, -0.15) is 0 Å². The fraction of sp³-hybridized carbons (Fsp3) is 0.688. The Morgan fingerprint density at radius 3 is 2.32 bits per heavy atom. The van der Waals surface area contributed by atoms with E-state index in [4.69, 9.17) is 5.73 Å². The van der Waals surface area contributed by atoms with Crippen LogP contribution in [0.15, 0.2) is 18.3 Å². The summed E-state index contributed by atoms with van der Waals surface area (Å²) in [6.07, 6.45) is 10.2. The van der Waals surface area contributed by atoms with Crippen molar-refractivity contribution in [1.82, 2.24) is 4.57 Å². The lowest BCUT2D eigenvalue weighted by Crippen LogP contribution is -2.52. The molecule has 0 spiro atoms. The van der Waals surface area contributed by atoms with Gasteiger partial charge >= 0.3 is 0 Å². The minimum Gasteiger partial charge on any atom is -0.339 e. The summed E-state index contributed by atoms with van der Waals surface area (Å²) in [6, 6.07) is 3.97. The number of nitrogens with two attached hydrogens (primary N) is 1. The van der Waals surface area contributed by atoms with Gasteiger partial charge in [-0.3, -0.25) is 4.79 Å². The molecule has 0 aliphatic heterocycles. The van der Waals surface area contributed by atoms with Crippen molar-refractivity contribution < 1.29 is 4.79 Å². The molecule has 19 heavy (non-hydrogen) atoms. The summed E-state index contributed by atoms with van der Waals surface area (Å²) in [5, 5.41) is 0. The van der Waals surface area contributed by atoms with E-state index in [0.717, 1.165) is 23.4 Å². The van der Waals surface area contributed by atoms with E-state index in [1.807, 2.05) is 12.1 Å². The van der Waals surface area contributed by atoms with E-state index in [9.17, 15) is 4.79 Å². The molecule has 0 atom stereocenters. The summed E-state index contributed by atoms with van der Waals surface area (Å²) in [7, 11) is 0. The van der Waals surface area contributed by atoms with E-state index in [1.165, 1.54) is 38.5 Å². The molecule has 1 heterocycles. The van der Waals surface area contributed by atoms with Crippen LogP contribution in [0.4, 0.5) is 0 Å². The molecule has 0 saturated heterocycles. The molecule has 3 nitrogen and oxygen atoms in total. The number of carbonyl (C=O) groups is 1. The number of ketones is 1. The highest BCUT2D eigenvalue weighted by molar-refractivity contribution is 5.96. The van der Waals surface area contributed by atoms with Gasteiger partial charge in [0.05, 0.1) is 12.2 Å². The summed E-state index contributed by atoms with van der Waals surface area (Å²) >= 11 is 0. The predicted molar refractivity (Wildman–Crippen MR) is 74.0 cm³/mol. The third-order valence-corrected chi connectivity index (χ3v) is 5.74. The molecule has 4 bridgehead atoms. The van der Waals surface area contributed by atoms with Gasteiger partial charge in [0.15, 0.2) is 5.78 Å². The Kier molecular flexibility index (Phi) is 2.44. The van der Waals surface area contributed by atoms with Crippen molar-refractivity contribution in [2.75, 3.05) is 6.54 Å². The number of aromatic nitrogens is 1. The molecule has 4 fully saturated rings. The van der Waals surface area contributed by atoms with Crippen molar-refractivity contribution in [1.29, 1.82) is 0 Å². The first kappa shape index (κ1) is 11.7. The first-order valence-electron chi connectivity index (χ1n) is 7.61. The van der Waals surface area contributed by atoms with Crippen molar-refractivity contribution in [3.05, 3.63) is 24.0 Å². The van der Waals surface area contributed by atoms with Gasteiger partial charge in [0.1, 0.15) is 0 Å². The Morgan fingerprint density at radius 2 is 1.79 bits per heavy atom. The van der Waals surface area contributed by atoms with Crippen molar-refractivity contribution in [2.45, 2.75) is 44.1 Å². The first-order chi connectivity index (χ1) is 9.20. The van der Waals surface area contributed by atoms with Crippen LogP contribution < -0.4 is 5.73 Å². The van der Waals surface area contributed by atoms with Crippen LogP contribution in [0.3, 0.4) is 0 Å². The quantitative estimate of drug-likeness (QED) is 0.847. The normalized spacial score (nSPS) is 39.7. The lowest BCUT2D eigenvalue weighted by atomic mass is 9.53. The van der Waals surface area contributed by atoms with Gasteiger partial charge in [0.2, 0.25) is 0 Å². The summed E-state index contributed by atoms with van der Waals surface area (Å²) in [4.78, 5) is 12.0. The third kappa shape index (κ3) is 1.64. The predicted octanol–water partition coefficient (Wildman–Crippen LogP) is 2.55. The van der Waals surface area contributed by atoms with Gasteiger partial charge in [-0.1, -0.05) is 0 Å². The summed E-state index contributed by atoms with van der Waals surface area (Å²) in [5.41, 5.74) is 6.63. The number of hydrogen-bond acceptors (Lipinski definition) is 2. The summed E-state index contributed by atoms with van der Waals surface area (Å²) in [5.74, 6) is 2.78. The molecular formula is C16H22N2O. The van der Waals surface area contributed by atoms with E-state index in [1.54, 1.807) is 0 Å². The van der Waals surface area contributed by atoms with Crippen LogP contribution in [-0.4, -0.2) is 16.9 Å². The molecule has 0 aromatic carbocycles. The van der Waals surface area contributed by atoms with E-state index in [2.05, 4.69) is 10.8 Å². The smallest absolute Gasteiger partial charge is 0.192 e. The lowest BCUT2D eigenvalue weighted by molar-refractivity contribution is -0.0436. The van der Waals surface area contributed by atoms with Crippen molar-refractivity contribution in [2.24, 2.45) is 23.5 Å². The molecule has 102 valence electrons. The average molecular weight is 258 g/mol. The zero-order chi connectivity index (χ0) is 13.0. The zero-order valence-corrected chi connectivity index (χ0v) is 11.3. The Balaban J connectivity index is 1.76. The molecule has 0 amide bonds. The first-order valence-corrected chi connectivity index (χ1v) is 7.61. The lowest BCUT2D eigenvalue weighted by Gasteiger charge is -2.57. The van der Waals surface area contributed by atoms with Crippen molar-refractivity contribution in [3.8, 4) is 0 Å². The van der Waals surface area contributed by atoms with Crippen LogP contribution in [-0.2, 0) is 5.54 Å². The Morgan fingerprint density at radius 1 is 1.21 bits per heavy atom. The van der Waals surface area contributed by atoms with Gasteiger partial charge in [-0.15, -0.1) is 0 Å². The highest BCUT2D eigenvalue weighted by atomic mass is 16.1. The second-order valence-corrected chi connectivity index (χ2v) is 7.03. The van der Waals surface area contributed by atoms with Crippen LogP contribution in [0.2, 0.25) is 0 Å². The minimum atomic E-state index is 0.0840. The minimum absolute atomic E-state index is 0.0840. The molecule has 0 unspecified atom stereocenters. The van der Waals surface area contributed by atoms with E-state index in [0.29, 0.717) is 0 Å². The molecule has 4 aliphatic rings. The molecule has 4 saturated carbocycles. The fourth-order valence-corrected chi connectivity index (χ4v) is 5.49. The van der Waals surface area contributed by atoms with Gasteiger partial charge in [-0.05, 0) is 68.4 Å². The standard InChI is InChI=1S/C16H22N2O/c17-10-15(19)14-2-1-3-18(14)16-7-11-4-12(8-16)6-13(5-11)9-16/h1-3,11-13H,4-10,17H2. The van der Waals surface area contributed by atoms with Crippen molar-refractivity contribution in [3.63, 3.8) is 0 Å². The molecule has 4 aliphatic carbocycles. The van der Waals surface area contributed by atoms with Crippen molar-refractivity contribution >= 4 is 5.78 Å². The summed E-state index contributed by atoms with van der Waals surface area (Å²) in [6.45, 7) is 0.121. The van der Waals surface area contributed by atoms with Crippen LogP contribution in [0.5, 0.6) is 0 Å². The molecule has 3 heteroatoms. The SMILES string of the molecule is NCC(=O)c1cccn1C12CC3CC(CC(C3)C1)C2. The van der Waals surface area contributed by atoms with Gasteiger partial charge in [0, 0.05) is 11.7 Å². The molecule has 0 radical (unpaired) electrons. The van der Waals surface area contributed by atoms with Gasteiger partial charge in [0.25, 0.3) is 0 Å². The highest BCUT2D eigenvalue weighted by Gasteiger charge is 2.52. The number of carbonyl (C=O) groups excluding carboxylic acids is 1. The Labute approximate surface area is 114 Å². The maximum absolute atomic E-state index is 12.0. The second kappa shape index (κ2) is 3.95. The van der Waals surface area contributed by atoms with Crippen LogP contribution in [0.25, 0.3) is 0 Å².